The molecule has 0 bridgehead atoms. The van der Waals surface area contributed by atoms with Crippen LogP contribution in [0.25, 0.3) is 22.6 Å². The number of aromatic nitrogens is 3. The zero-order chi connectivity index (χ0) is 19.6. The predicted octanol–water partition coefficient (Wildman–Crippen LogP) is 0.435. The van der Waals surface area contributed by atoms with Crippen LogP contribution >= 0.6 is 0 Å². The number of ether oxygens (including phenoxy) is 3. The Morgan fingerprint density at radius 3 is 2.71 bits per heavy atom. The first kappa shape index (κ1) is 23.0. The number of hydrogen-bond acceptors (Lipinski definition) is 6. The Kier molecular flexibility index (Phi) is 8.18. The molecule has 0 radical (unpaired) electrons. The zero-order valence-electron chi connectivity index (χ0n) is 18.1. The van der Waals surface area contributed by atoms with Crippen molar-refractivity contribution in [2.24, 2.45) is 0 Å². The number of nitrogens with zero attached hydrogens (tertiary/aromatic N) is 3. The second kappa shape index (κ2) is 9.96. The molecule has 28 heavy (non-hydrogen) atoms. The van der Waals surface area contributed by atoms with Crippen molar-refractivity contribution in [2.45, 2.75) is 27.1 Å². The van der Waals surface area contributed by atoms with Crippen LogP contribution < -0.4 is 39.0 Å². The fraction of sp³-hybridized carbons (Fsp3) is 0.368. The van der Waals surface area contributed by atoms with Crippen molar-refractivity contribution in [1.29, 1.82) is 0 Å². The van der Waals surface area contributed by atoms with Gasteiger partial charge in [0.05, 0.1) is 24.0 Å². The van der Waals surface area contributed by atoms with Crippen LogP contribution in [-0.2, 0) is 16.1 Å². The monoisotopic (exact) mass is 413 g/mol. The molecule has 7 nitrogen and oxygen atoms in total. The van der Waals surface area contributed by atoms with E-state index in [1.165, 1.54) is 0 Å². The summed E-state index contributed by atoms with van der Waals surface area (Å²) < 4.78 is 30.7. The maximum absolute atomic E-state index is 12.5. The first-order valence-electron chi connectivity index (χ1n) is 8.60. The van der Waals surface area contributed by atoms with Gasteiger partial charge in [-0.3, -0.25) is 4.98 Å². The smallest absolute Gasteiger partial charge is 1.00 e. The first-order chi connectivity index (χ1) is 13.0. The minimum Gasteiger partial charge on any atom is -1.00 e. The molecule has 2 atom stereocenters. The fourth-order valence-corrected chi connectivity index (χ4v) is 3.70. The van der Waals surface area contributed by atoms with Gasteiger partial charge in [0, 0.05) is 24.4 Å². The molecule has 0 amide bonds. The van der Waals surface area contributed by atoms with E-state index in [2.05, 4.69) is 9.97 Å². The normalized spacial score (nSPS) is 13.1. The standard InChI is InChI=1S/C19H23N3O4S.Na.H/c1-6-25-13(3)26-17-9-10-20-18(12(17)2)19-21-15-11-14(24-4)7-8-16(15)22(19)27(5)23;;/h7-11,13H,6H2,1-5H3;;/q;+1;-1. The minimum absolute atomic E-state index is 0. The molecule has 146 valence electrons. The van der Waals surface area contributed by atoms with Crippen molar-refractivity contribution in [3.63, 3.8) is 0 Å². The van der Waals surface area contributed by atoms with Crippen LogP contribution in [0.3, 0.4) is 0 Å². The average molecular weight is 413 g/mol. The van der Waals surface area contributed by atoms with Gasteiger partial charge in [-0.25, -0.2) is 4.98 Å². The van der Waals surface area contributed by atoms with Gasteiger partial charge in [0.15, 0.2) is 6.29 Å². The summed E-state index contributed by atoms with van der Waals surface area (Å²) in [5, 5.41) is 0. The van der Waals surface area contributed by atoms with E-state index in [4.69, 9.17) is 14.2 Å². The van der Waals surface area contributed by atoms with Gasteiger partial charge in [0.2, 0.25) is 5.82 Å². The summed E-state index contributed by atoms with van der Waals surface area (Å²) in [4.78, 5) is 9.14. The van der Waals surface area contributed by atoms with Crippen LogP contribution in [0.15, 0.2) is 30.5 Å². The Morgan fingerprint density at radius 1 is 1.32 bits per heavy atom. The van der Waals surface area contributed by atoms with Crippen molar-refractivity contribution in [2.75, 3.05) is 20.0 Å². The molecule has 0 aliphatic carbocycles. The Bertz CT molecular complexity index is 955. The van der Waals surface area contributed by atoms with E-state index < -0.39 is 11.4 Å². The van der Waals surface area contributed by atoms with Crippen molar-refractivity contribution >= 4 is 22.4 Å². The van der Waals surface area contributed by atoms with E-state index >= 15 is 0 Å². The molecular weight excluding hydrogens is 389 g/mol. The quantitative estimate of drug-likeness (QED) is 0.318. The third kappa shape index (κ3) is 4.64. The molecule has 0 saturated carbocycles. The Morgan fingerprint density at radius 2 is 2.07 bits per heavy atom. The molecule has 2 aromatic heterocycles. The van der Waals surface area contributed by atoms with E-state index in [1.54, 1.807) is 29.6 Å². The fourth-order valence-electron chi connectivity index (χ4n) is 2.89. The number of imidazole rings is 1. The molecule has 3 aromatic rings. The van der Waals surface area contributed by atoms with Crippen LogP contribution in [-0.4, -0.2) is 44.8 Å². The van der Waals surface area contributed by atoms with E-state index in [-0.39, 0.29) is 37.3 Å². The topological polar surface area (TPSA) is 81.5 Å². The number of fused-ring (bicyclic) bond motifs is 1. The van der Waals surface area contributed by atoms with Crippen LogP contribution in [0, 0.1) is 6.92 Å². The molecule has 2 heterocycles. The van der Waals surface area contributed by atoms with E-state index in [9.17, 15) is 4.55 Å². The van der Waals surface area contributed by atoms with Gasteiger partial charge in [-0.1, -0.05) is 0 Å². The second-order valence-electron chi connectivity index (χ2n) is 5.93. The summed E-state index contributed by atoms with van der Waals surface area (Å²) >= 11 is -1.31. The zero-order valence-corrected chi connectivity index (χ0v) is 19.9. The van der Waals surface area contributed by atoms with E-state index in [0.717, 1.165) is 11.1 Å². The molecule has 0 aliphatic rings. The van der Waals surface area contributed by atoms with Crippen LogP contribution in [0.2, 0.25) is 0 Å². The number of hydrogen-bond donors (Lipinski definition) is 0. The van der Waals surface area contributed by atoms with E-state index in [1.807, 2.05) is 39.0 Å². The predicted molar refractivity (Wildman–Crippen MR) is 107 cm³/mol. The Labute approximate surface area is 191 Å². The van der Waals surface area contributed by atoms with Gasteiger partial charge in [0.25, 0.3) is 0 Å². The molecule has 1 aromatic carbocycles. The number of pyridine rings is 1. The third-order valence-corrected chi connectivity index (χ3v) is 5.02. The van der Waals surface area contributed by atoms with Crippen molar-refractivity contribution < 1.29 is 49.7 Å². The maximum Gasteiger partial charge on any atom is 1.00 e. The Balaban J connectivity index is 0.00000210. The molecule has 0 aliphatic heterocycles. The van der Waals surface area contributed by atoms with Crippen LogP contribution in [0.1, 0.15) is 20.8 Å². The third-order valence-electron chi connectivity index (χ3n) is 4.14. The van der Waals surface area contributed by atoms with Crippen molar-refractivity contribution in [3.8, 4) is 23.0 Å². The molecule has 2 unspecified atom stereocenters. The molecule has 3 rings (SSSR count). The summed E-state index contributed by atoms with van der Waals surface area (Å²) in [6.07, 6.45) is 2.88. The summed E-state index contributed by atoms with van der Waals surface area (Å²) in [6, 6.07) is 7.27. The van der Waals surface area contributed by atoms with Gasteiger partial charge < -0.3 is 20.2 Å². The van der Waals surface area contributed by atoms with Crippen molar-refractivity contribution in [1.82, 2.24) is 13.9 Å². The average Bonchev–Trinajstić information content (AvgIpc) is 3.02. The number of benzene rings is 1. The molecule has 0 fully saturated rings. The van der Waals surface area contributed by atoms with Gasteiger partial charge in [-0.2, -0.15) is 0 Å². The molecule has 0 saturated heterocycles. The van der Waals surface area contributed by atoms with Gasteiger partial charge in [-0.15, -0.1) is 3.97 Å². The van der Waals surface area contributed by atoms with Gasteiger partial charge in [-0.05, 0) is 39.0 Å². The first-order valence-corrected chi connectivity index (χ1v) is 10.1. The maximum atomic E-state index is 12.5. The summed E-state index contributed by atoms with van der Waals surface area (Å²) in [7, 11) is 1.60. The van der Waals surface area contributed by atoms with Gasteiger partial charge >= 0.3 is 29.6 Å². The summed E-state index contributed by atoms with van der Waals surface area (Å²) in [5.41, 5.74) is 2.86. The number of rotatable bonds is 7. The molecule has 0 spiro atoms. The molecule has 9 heteroatoms. The molecule has 0 N–H and O–H groups in total. The van der Waals surface area contributed by atoms with Crippen LogP contribution in [0.5, 0.6) is 11.5 Å². The largest absolute Gasteiger partial charge is 1.00 e. The minimum atomic E-state index is -1.31. The number of methoxy groups -OCH3 is 1. The Hall–Kier alpha value is -1.29. The second-order valence-corrected chi connectivity index (χ2v) is 7.14. The van der Waals surface area contributed by atoms with Crippen molar-refractivity contribution in [3.05, 3.63) is 36.0 Å². The summed E-state index contributed by atoms with van der Waals surface area (Å²) in [5.74, 6) is 1.86. The summed E-state index contributed by atoms with van der Waals surface area (Å²) in [6.45, 7) is 6.22. The molecular formula is C19H24N3NaO4S. The van der Waals surface area contributed by atoms with Crippen LogP contribution in [0.4, 0.5) is 0 Å². The van der Waals surface area contributed by atoms with E-state index in [0.29, 0.717) is 35.1 Å². The SMILES string of the molecule is CCOC(C)Oc1ccnc(-c2nc3cc(OC)ccc3n2[S+](C)[O-])c1C.[H-].[Na+]. The van der Waals surface area contributed by atoms with Gasteiger partial charge in [0.1, 0.15) is 29.0 Å².